The fourth-order valence-electron chi connectivity index (χ4n) is 4.21. The number of fused-ring (bicyclic) bond motifs is 1. The van der Waals surface area contributed by atoms with Gasteiger partial charge in [0.1, 0.15) is 5.01 Å². The van der Waals surface area contributed by atoms with Crippen LogP contribution in [0.25, 0.3) is 20.8 Å². The van der Waals surface area contributed by atoms with Crippen LogP contribution >= 0.6 is 11.3 Å². The normalized spacial score (nSPS) is 19.0. The first kappa shape index (κ1) is 23.6. The fraction of sp³-hybridized carbons (Fsp3) is 0.231. The first-order chi connectivity index (χ1) is 16.8. The second-order valence-electron chi connectivity index (χ2n) is 8.59. The lowest BCUT2D eigenvalue weighted by Gasteiger charge is -2.34. The van der Waals surface area contributed by atoms with Gasteiger partial charge in [-0.2, -0.15) is 4.31 Å². The molecule has 1 aromatic heterocycles. The predicted octanol–water partition coefficient (Wildman–Crippen LogP) is 5.01. The quantitative estimate of drug-likeness (QED) is 0.410. The maximum Gasteiger partial charge on any atom is 0.255 e. The Kier molecular flexibility index (Phi) is 6.41. The average molecular weight is 508 g/mol. The van der Waals surface area contributed by atoms with Crippen LogP contribution in [0.4, 0.5) is 5.69 Å². The molecule has 2 atom stereocenters. The van der Waals surface area contributed by atoms with E-state index in [4.69, 9.17) is 9.72 Å². The smallest absolute Gasteiger partial charge is 0.255 e. The summed E-state index contributed by atoms with van der Waals surface area (Å²) in [6.07, 6.45) is -0.344. The van der Waals surface area contributed by atoms with E-state index in [9.17, 15) is 13.2 Å². The van der Waals surface area contributed by atoms with Gasteiger partial charge in [0.15, 0.2) is 0 Å². The SMILES string of the molecule is CC1CN(S(=O)(=O)c2ccc(C(=O)Nc3ccccc3-c3nc4ccccc4s3)cc2)CC(C)O1. The summed E-state index contributed by atoms with van der Waals surface area (Å²) in [5, 5.41) is 3.77. The largest absolute Gasteiger partial charge is 0.373 e. The summed E-state index contributed by atoms with van der Waals surface area (Å²) in [7, 11) is -3.67. The van der Waals surface area contributed by atoms with E-state index in [1.54, 1.807) is 11.3 Å². The van der Waals surface area contributed by atoms with Crippen LogP contribution in [-0.4, -0.2) is 48.9 Å². The number of ether oxygens (including phenoxy) is 1. The molecule has 1 aliphatic rings. The molecule has 180 valence electrons. The van der Waals surface area contributed by atoms with Crippen molar-refractivity contribution in [1.82, 2.24) is 9.29 Å². The highest BCUT2D eigenvalue weighted by molar-refractivity contribution is 7.89. The number of thiazole rings is 1. The highest BCUT2D eigenvalue weighted by atomic mass is 32.2. The molecule has 1 amide bonds. The Balaban J connectivity index is 1.36. The topological polar surface area (TPSA) is 88.6 Å². The van der Waals surface area contributed by atoms with E-state index in [1.165, 1.54) is 28.6 Å². The summed E-state index contributed by atoms with van der Waals surface area (Å²) in [6.45, 7) is 4.32. The summed E-state index contributed by atoms with van der Waals surface area (Å²) in [4.78, 5) is 17.9. The Morgan fingerprint density at radius 2 is 1.63 bits per heavy atom. The molecule has 1 N–H and O–H groups in total. The van der Waals surface area contributed by atoms with Gasteiger partial charge in [0.05, 0.1) is 33.0 Å². The van der Waals surface area contributed by atoms with Crippen LogP contribution in [0.15, 0.2) is 77.7 Å². The number of morpholine rings is 1. The summed E-state index contributed by atoms with van der Waals surface area (Å²) < 4.78 is 34.3. The molecule has 5 rings (SSSR count). The van der Waals surface area contributed by atoms with Gasteiger partial charge >= 0.3 is 0 Å². The monoisotopic (exact) mass is 507 g/mol. The lowest BCUT2D eigenvalue weighted by atomic mass is 10.1. The molecule has 35 heavy (non-hydrogen) atoms. The first-order valence-electron chi connectivity index (χ1n) is 11.3. The first-order valence-corrected chi connectivity index (χ1v) is 13.6. The number of hydrogen-bond acceptors (Lipinski definition) is 6. The van der Waals surface area contributed by atoms with Crippen LogP contribution in [0.1, 0.15) is 24.2 Å². The minimum absolute atomic E-state index is 0.158. The van der Waals surface area contributed by atoms with Crippen molar-refractivity contribution in [3.05, 3.63) is 78.4 Å². The Labute approximate surface area is 208 Å². The maximum absolute atomic E-state index is 13.1. The van der Waals surface area contributed by atoms with Gasteiger partial charge in [0.2, 0.25) is 10.0 Å². The van der Waals surface area contributed by atoms with E-state index in [1.807, 2.05) is 62.4 Å². The highest BCUT2D eigenvalue weighted by Crippen LogP contribution is 2.34. The molecule has 0 aliphatic carbocycles. The van der Waals surface area contributed by atoms with Gasteiger partial charge in [-0.3, -0.25) is 4.79 Å². The third-order valence-corrected chi connectivity index (χ3v) is 8.76. The number of sulfonamides is 1. The van der Waals surface area contributed by atoms with Crippen molar-refractivity contribution < 1.29 is 17.9 Å². The minimum Gasteiger partial charge on any atom is -0.373 e. The van der Waals surface area contributed by atoms with E-state index < -0.39 is 10.0 Å². The number of aromatic nitrogens is 1. The minimum atomic E-state index is -3.67. The standard InChI is InChI=1S/C26H25N3O4S2/c1-17-15-29(16-18(2)33-17)35(31,32)20-13-11-19(12-14-20)25(30)27-22-8-4-3-7-21(22)26-28-23-9-5-6-10-24(23)34-26/h3-14,17-18H,15-16H2,1-2H3,(H,27,30). The van der Waals surface area contributed by atoms with Crippen molar-refractivity contribution in [2.75, 3.05) is 18.4 Å². The number of carbonyl (C=O) groups excluding carboxylic acids is 1. The molecule has 1 saturated heterocycles. The number of para-hydroxylation sites is 2. The molecule has 4 aromatic rings. The van der Waals surface area contributed by atoms with Crippen LogP contribution in [0.2, 0.25) is 0 Å². The molecule has 7 nitrogen and oxygen atoms in total. The summed E-state index contributed by atoms with van der Waals surface area (Å²) >= 11 is 1.56. The number of benzene rings is 3. The van der Waals surface area contributed by atoms with Gasteiger partial charge in [-0.05, 0) is 62.4 Å². The van der Waals surface area contributed by atoms with Gasteiger partial charge < -0.3 is 10.1 Å². The summed E-state index contributed by atoms with van der Waals surface area (Å²) in [5.74, 6) is -0.323. The third-order valence-electron chi connectivity index (χ3n) is 5.84. The Morgan fingerprint density at radius 3 is 2.34 bits per heavy atom. The molecule has 1 aliphatic heterocycles. The summed E-state index contributed by atoms with van der Waals surface area (Å²) in [5.41, 5.74) is 2.75. The van der Waals surface area contributed by atoms with Crippen LogP contribution in [0, 0.1) is 0 Å². The average Bonchev–Trinajstić information content (AvgIpc) is 3.28. The molecule has 2 heterocycles. The fourth-order valence-corrected chi connectivity index (χ4v) is 6.81. The number of hydrogen-bond donors (Lipinski definition) is 1. The zero-order valence-electron chi connectivity index (χ0n) is 19.3. The third kappa shape index (κ3) is 4.85. The number of nitrogens with one attached hydrogen (secondary N) is 1. The van der Waals surface area contributed by atoms with Crippen LogP contribution in [-0.2, 0) is 14.8 Å². The zero-order chi connectivity index (χ0) is 24.6. The number of rotatable bonds is 5. The van der Waals surface area contributed by atoms with Gasteiger partial charge in [-0.15, -0.1) is 11.3 Å². The molecule has 0 bridgehead atoms. The highest BCUT2D eigenvalue weighted by Gasteiger charge is 2.32. The van der Waals surface area contributed by atoms with Gasteiger partial charge in [-0.1, -0.05) is 24.3 Å². The lowest BCUT2D eigenvalue weighted by molar-refractivity contribution is -0.0440. The van der Waals surface area contributed by atoms with Crippen LogP contribution in [0.5, 0.6) is 0 Å². The molecular weight excluding hydrogens is 482 g/mol. The molecule has 0 spiro atoms. The Bertz CT molecular complexity index is 1440. The van der Waals surface area contributed by atoms with Crippen molar-refractivity contribution in [1.29, 1.82) is 0 Å². The number of anilines is 1. The summed E-state index contributed by atoms with van der Waals surface area (Å²) in [6, 6.07) is 21.5. The van der Waals surface area contributed by atoms with Crippen LogP contribution in [0.3, 0.4) is 0 Å². The second-order valence-corrected chi connectivity index (χ2v) is 11.6. The number of nitrogens with zero attached hydrogens (tertiary/aromatic N) is 2. The van der Waals surface area contributed by atoms with Crippen LogP contribution < -0.4 is 5.32 Å². The molecular formula is C26H25N3O4S2. The van der Waals surface area contributed by atoms with Crippen molar-refractivity contribution in [2.24, 2.45) is 0 Å². The van der Waals surface area contributed by atoms with E-state index in [2.05, 4.69) is 5.32 Å². The molecule has 2 unspecified atom stereocenters. The molecule has 9 heteroatoms. The predicted molar refractivity (Wildman–Crippen MR) is 138 cm³/mol. The zero-order valence-corrected chi connectivity index (χ0v) is 21.0. The van der Waals surface area contributed by atoms with Crippen molar-refractivity contribution in [3.8, 4) is 10.6 Å². The second kappa shape index (κ2) is 9.50. The van der Waals surface area contributed by atoms with Crippen molar-refractivity contribution >= 4 is 43.2 Å². The lowest BCUT2D eigenvalue weighted by Crippen LogP contribution is -2.48. The van der Waals surface area contributed by atoms with Gasteiger partial charge in [0.25, 0.3) is 5.91 Å². The van der Waals surface area contributed by atoms with Gasteiger partial charge in [0, 0.05) is 24.2 Å². The number of carbonyl (C=O) groups is 1. The number of amides is 1. The Hall–Kier alpha value is -3.11. The van der Waals surface area contributed by atoms with Crippen molar-refractivity contribution in [2.45, 2.75) is 31.0 Å². The van der Waals surface area contributed by atoms with E-state index >= 15 is 0 Å². The van der Waals surface area contributed by atoms with E-state index in [-0.39, 0.29) is 23.0 Å². The van der Waals surface area contributed by atoms with Crippen molar-refractivity contribution in [3.63, 3.8) is 0 Å². The van der Waals surface area contributed by atoms with E-state index in [0.29, 0.717) is 24.3 Å². The molecule has 0 saturated carbocycles. The van der Waals surface area contributed by atoms with Gasteiger partial charge in [-0.25, -0.2) is 13.4 Å². The molecule has 0 radical (unpaired) electrons. The van der Waals surface area contributed by atoms with E-state index in [0.717, 1.165) is 20.8 Å². The molecule has 1 fully saturated rings. The molecule has 3 aromatic carbocycles. The Morgan fingerprint density at radius 1 is 0.971 bits per heavy atom. The maximum atomic E-state index is 13.1.